The maximum atomic E-state index is 13.2. The molecule has 156 valence electrons. The van der Waals surface area contributed by atoms with E-state index in [-0.39, 0.29) is 11.8 Å². The van der Waals surface area contributed by atoms with Gasteiger partial charge >= 0.3 is 0 Å². The minimum absolute atomic E-state index is 0.173. The molecule has 7 heteroatoms. The summed E-state index contributed by atoms with van der Waals surface area (Å²) in [7, 11) is 1.64. The van der Waals surface area contributed by atoms with Crippen molar-refractivity contribution in [3.05, 3.63) is 70.5 Å². The van der Waals surface area contributed by atoms with Gasteiger partial charge in [-0.2, -0.15) is 5.10 Å². The second-order valence-corrected chi connectivity index (χ2v) is 7.93. The van der Waals surface area contributed by atoms with Crippen molar-refractivity contribution in [2.45, 2.75) is 25.7 Å². The van der Waals surface area contributed by atoms with Crippen molar-refractivity contribution >= 4 is 23.2 Å². The minimum Gasteiger partial charge on any atom is -0.497 e. The summed E-state index contributed by atoms with van der Waals surface area (Å²) >= 11 is 6.12. The Bertz CT molecular complexity index is 1040. The molecule has 0 bridgehead atoms. The van der Waals surface area contributed by atoms with E-state index in [4.69, 9.17) is 16.3 Å². The lowest BCUT2D eigenvalue weighted by Gasteiger charge is -2.25. The highest BCUT2D eigenvalue weighted by Gasteiger charge is 2.27. The summed E-state index contributed by atoms with van der Waals surface area (Å²) in [5, 5.41) is 11.6. The summed E-state index contributed by atoms with van der Waals surface area (Å²) in [5.41, 5.74) is 4.11. The number of rotatable bonds is 5. The van der Waals surface area contributed by atoms with Crippen molar-refractivity contribution in [3.8, 4) is 11.4 Å². The first-order chi connectivity index (χ1) is 14.6. The van der Waals surface area contributed by atoms with Gasteiger partial charge in [0.25, 0.3) is 5.91 Å². The molecule has 2 aromatic carbocycles. The molecule has 0 spiro atoms. The Labute approximate surface area is 181 Å². The third-order valence-corrected chi connectivity index (χ3v) is 5.78. The van der Waals surface area contributed by atoms with Crippen molar-refractivity contribution in [1.29, 1.82) is 0 Å². The lowest BCUT2D eigenvalue weighted by atomic mass is 9.91. The number of carbonyl (C=O) groups excluding carboxylic acids is 1. The molecule has 1 aliphatic rings. The largest absolute Gasteiger partial charge is 0.497 e. The van der Waals surface area contributed by atoms with E-state index in [9.17, 15) is 4.79 Å². The van der Waals surface area contributed by atoms with E-state index in [1.807, 2.05) is 48.0 Å². The highest BCUT2D eigenvalue weighted by molar-refractivity contribution is 6.31. The molecule has 1 amide bonds. The van der Waals surface area contributed by atoms with Crippen LogP contribution in [0.25, 0.3) is 5.69 Å². The van der Waals surface area contributed by atoms with Crippen LogP contribution in [0.2, 0.25) is 5.02 Å². The van der Waals surface area contributed by atoms with Crippen molar-refractivity contribution in [2.24, 2.45) is 0 Å². The molecule has 4 rings (SSSR count). The number of halogens is 1. The number of ether oxygens (including phenoxy) is 1. The third-order valence-electron chi connectivity index (χ3n) is 5.54. The molecule has 2 N–H and O–H groups in total. The Hall–Kier alpha value is -2.83. The normalized spacial score (nSPS) is 14.5. The van der Waals surface area contributed by atoms with Gasteiger partial charge in [0.2, 0.25) is 0 Å². The summed E-state index contributed by atoms with van der Waals surface area (Å²) < 4.78 is 7.15. The SMILES string of the molecule is COc1ccc(-n2ncc(C(=O)Nc3cc(Cl)ccc3C)c2C2CCNCC2)cc1. The van der Waals surface area contributed by atoms with Gasteiger partial charge in [-0.05, 0) is 74.8 Å². The maximum absolute atomic E-state index is 13.2. The second-order valence-electron chi connectivity index (χ2n) is 7.49. The first kappa shape index (κ1) is 20.4. The second kappa shape index (κ2) is 8.90. The molecule has 1 fully saturated rings. The molecule has 0 radical (unpaired) electrons. The van der Waals surface area contributed by atoms with Gasteiger partial charge in [0.1, 0.15) is 5.75 Å². The van der Waals surface area contributed by atoms with Crippen LogP contribution < -0.4 is 15.4 Å². The lowest BCUT2D eigenvalue weighted by Crippen LogP contribution is -2.29. The Morgan fingerprint density at radius 2 is 1.93 bits per heavy atom. The van der Waals surface area contributed by atoms with E-state index in [1.165, 1.54) is 0 Å². The summed E-state index contributed by atoms with van der Waals surface area (Å²) in [6, 6.07) is 13.2. The van der Waals surface area contributed by atoms with Gasteiger partial charge in [-0.3, -0.25) is 4.79 Å². The smallest absolute Gasteiger partial charge is 0.259 e. The van der Waals surface area contributed by atoms with Gasteiger partial charge in [0, 0.05) is 16.6 Å². The van der Waals surface area contributed by atoms with Crippen molar-refractivity contribution < 1.29 is 9.53 Å². The number of benzene rings is 2. The molecule has 0 unspecified atom stereocenters. The van der Waals surface area contributed by atoms with Crippen LogP contribution in [0.1, 0.15) is 40.4 Å². The van der Waals surface area contributed by atoms with Crippen molar-refractivity contribution in [1.82, 2.24) is 15.1 Å². The molecular formula is C23H25ClN4O2. The van der Waals surface area contributed by atoms with E-state index in [0.717, 1.165) is 48.6 Å². The van der Waals surface area contributed by atoms with E-state index in [0.29, 0.717) is 16.3 Å². The number of nitrogens with one attached hydrogen (secondary N) is 2. The average Bonchev–Trinajstić information content (AvgIpc) is 3.22. The maximum Gasteiger partial charge on any atom is 0.259 e. The predicted molar refractivity (Wildman–Crippen MR) is 119 cm³/mol. The van der Waals surface area contributed by atoms with Crippen LogP contribution in [-0.2, 0) is 0 Å². The number of carbonyl (C=O) groups is 1. The molecular weight excluding hydrogens is 400 g/mol. The lowest BCUT2D eigenvalue weighted by molar-refractivity contribution is 0.102. The zero-order valence-electron chi connectivity index (χ0n) is 17.1. The molecule has 0 aliphatic carbocycles. The Morgan fingerprint density at radius 3 is 2.63 bits per heavy atom. The highest BCUT2D eigenvalue weighted by atomic mass is 35.5. The number of piperidine rings is 1. The zero-order valence-corrected chi connectivity index (χ0v) is 17.9. The number of aromatic nitrogens is 2. The van der Waals surface area contributed by atoms with E-state index >= 15 is 0 Å². The molecule has 1 aliphatic heterocycles. The first-order valence-corrected chi connectivity index (χ1v) is 10.4. The van der Waals surface area contributed by atoms with Gasteiger partial charge in [0.15, 0.2) is 0 Å². The highest BCUT2D eigenvalue weighted by Crippen LogP contribution is 2.31. The van der Waals surface area contributed by atoms with Gasteiger partial charge in [0.05, 0.1) is 30.3 Å². The van der Waals surface area contributed by atoms with Crippen LogP contribution >= 0.6 is 11.6 Å². The molecule has 30 heavy (non-hydrogen) atoms. The van der Waals surface area contributed by atoms with E-state index < -0.39 is 0 Å². The first-order valence-electron chi connectivity index (χ1n) is 10.1. The number of aryl methyl sites for hydroxylation is 1. The summed E-state index contributed by atoms with van der Waals surface area (Å²) in [6.07, 6.45) is 3.58. The zero-order chi connectivity index (χ0) is 21.1. The van der Waals surface area contributed by atoms with Gasteiger partial charge in [-0.25, -0.2) is 4.68 Å². The number of methoxy groups -OCH3 is 1. The molecule has 2 heterocycles. The van der Waals surface area contributed by atoms with E-state index in [2.05, 4.69) is 15.7 Å². The van der Waals surface area contributed by atoms with Crippen molar-refractivity contribution in [3.63, 3.8) is 0 Å². The van der Waals surface area contributed by atoms with Crippen LogP contribution in [0, 0.1) is 6.92 Å². The molecule has 6 nitrogen and oxygen atoms in total. The van der Waals surface area contributed by atoms with Crippen LogP contribution in [0.3, 0.4) is 0 Å². The fraction of sp³-hybridized carbons (Fsp3) is 0.304. The molecule has 3 aromatic rings. The molecule has 1 aromatic heterocycles. The van der Waals surface area contributed by atoms with Gasteiger partial charge in [-0.15, -0.1) is 0 Å². The van der Waals surface area contributed by atoms with Crippen LogP contribution in [-0.4, -0.2) is 35.9 Å². The Kier molecular flexibility index (Phi) is 6.06. The topological polar surface area (TPSA) is 68.2 Å². The average molecular weight is 425 g/mol. The molecule has 0 saturated carbocycles. The Morgan fingerprint density at radius 1 is 1.20 bits per heavy atom. The molecule has 0 atom stereocenters. The van der Waals surface area contributed by atoms with Crippen LogP contribution in [0.4, 0.5) is 5.69 Å². The minimum atomic E-state index is -0.173. The van der Waals surface area contributed by atoms with E-state index in [1.54, 1.807) is 19.4 Å². The summed E-state index contributed by atoms with van der Waals surface area (Å²) in [6.45, 7) is 3.79. The summed E-state index contributed by atoms with van der Waals surface area (Å²) in [5.74, 6) is 0.856. The van der Waals surface area contributed by atoms with Gasteiger partial charge in [-0.1, -0.05) is 17.7 Å². The number of nitrogens with zero attached hydrogens (tertiary/aromatic N) is 2. The monoisotopic (exact) mass is 424 g/mol. The Balaban J connectivity index is 1.72. The van der Waals surface area contributed by atoms with Crippen molar-refractivity contribution in [2.75, 3.05) is 25.5 Å². The molecule has 1 saturated heterocycles. The fourth-order valence-electron chi connectivity index (χ4n) is 3.87. The summed E-state index contributed by atoms with van der Waals surface area (Å²) in [4.78, 5) is 13.2. The number of amides is 1. The number of hydrogen-bond acceptors (Lipinski definition) is 4. The fourth-order valence-corrected chi connectivity index (χ4v) is 4.04. The van der Waals surface area contributed by atoms with Gasteiger partial charge < -0.3 is 15.4 Å². The van der Waals surface area contributed by atoms with Crippen LogP contribution in [0.5, 0.6) is 5.75 Å². The standard InChI is InChI=1S/C23H25ClN4O2/c1-15-3-4-17(24)13-21(15)27-23(29)20-14-26-28(18-5-7-19(30-2)8-6-18)22(20)16-9-11-25-12-10-16/h3-8,13-14,16,25H,9-12H2,1-2H3,(H,27,29). The number of anilines is 1. The van der Waals surface area contributed by atoms with Crippen LogP contribution in [0.15, 0.2) is 48.7 Å². The third kappa shape index (κ3) is 4.20. The number of hydrogen-bond donors (Lipinski definition) is 2. The quantitative estimate of drug-likeness (QED) is 0.629. The predicted octanol–water partition coefficient (Wildman–Crippen LogP) is 4.56.